The summed E-state index contributed by atoms with van der Waals surface area (Å²) in [5.74, 6) is -1.01. The Hall–Kier alpha value is -4.72. The summed E-state index contributed by atoms with van der Waals surface area (Å²) in [6.07, 6.45) is -1.16. The van der Waals surface area contributed by atoms with E-state index in [9.17, 15) is 14.4 Å². The normalized spacial score (nSPS) is 15.1. The summed E-state index contributed by atoms with van der Waals surface area (Å²) in [7, 11) is 0. The van der Waals surface area contributed by atoms with E-state index in [2.05, 4.69) is 15.6 Å². The number of aromatic amines is 1. The van der Waals surface area contributed by atoms with Crippen LogP contribution in [0.25, 0.3) is 10.9 Å². The molecule has 36 heavy (non-hydrogen) atoms. The molecular formula is C28H25N5O3. The minimum atomic E-state index is -1.16. The minimum absolute atomic E-state index is 0.185. The van der Waals surface area contributed by atoms with E-state index < -0.39 is 12.1 Å². The molecule has 0 bridgehead atoms. The summed E-state index contributed by atoms with van der Waals surface area (Å²) in [4.78, 5) is 47.9. The molecule has 5 rings (SSSR count). The van der Waals surface area contributed by atoms with Crippen LogP contribution in [0.5, 0.6) is 0 Å². The van der Waals surface area contributed by atoms with Crippen molar-refractivity contribution in [1.29, 1.82) is 0 Å². The fraction of sp³-hybridized carbons (Fsp3) is 0.143. The molecule has 8 nitrogen and oxygen atoms in total. The Labute approximate surface area is 208 Å². The second-order valence-corrected chi connectivity index (χ2v) is 8.48. The molecule has 1 aliphatic rings. The molecule has 0 spiro atoms. The van der Waals surface area contributed by atoms with Crippen molar-refractivity contribution in [1.82, 2.24) is 15.6 Å². The van der Waals surface area contributed by atoms with Crippen LogP contribution >= 0.6 is 0 Å². The summed E-state index contributed by atoms with van der Waals surface area (Å²) in [6.45, 7) is 1.92. The second kappa shape index (κ2) is 9.87. The number of carbonyl (C=O) groups excluding carboxylic acids is 3. The number of nitrogens with zero attached hydrogens (tertiary/aromatic N) is 2. The molecule has 0 fully saturated rings. The molecule has 1 aromatic heterocycles. The van der Waals surface area contributed by atoms with Crippen LogP contribution in [-0.2, 0) is 9.59 Å². The first kappa shape index (κ1) is 23.0. The zero-order chi connectivity index (χ0) is 25.1. The van der Waals surface area contributed by atoms with Crippen molar-refractivity contribution in [3.05, 3.63) is 102 Å². The maximum atomic E-state index is 13.8. The van der Waals surface area contributed by atoms with Crippen molar-refractivity contribution in [2.75, 3.05) is 18.0 Å². The van der Waals surface area contributed by atoms with Gasteiger partial charge in [0.2, 0.25) is 12.1 Å². The van der Waals surface area contributed by atoms with Gasteiger partial charge in [-0.15, -0.1) is 0 Å². The average molecular weight is 480 g/mol. The molecule has 3 aromatic carbocycles. The number of amides is 3. The van der Waals surface area contributed by atoms with Gasteiger partial charge < -0.3 is 20.5 Å². The lowest BCUT2D eigenvalue weighted by molar-refractivity contribution is -0.121. The molecule has 3 N–H and O–H groups in total. The molecule has 180 valence electrons. The van der Waals surface area contributed by atoms with Crippen LogP contribution in [0.15, 0.2) is 89.9 Å². The van der Waals surface area contributed by atoms with Gasteiger partial charge in [0.15, 0.2) is 0 Å². The standard InChI is InChI=1S/C28H25N5O3/c1-18(34)29-15-16-33-24-14-8-6-12-21(24)25(19-9-3-2-4-10-19)31-26(28(33)36)32-27(35)23-17-20-11-5-7-13-22(20)30-23/h2-14,17,26,30H,15-16H2,1H3,(H,29,34)(H,32,35). The number of fused-ring (bicyclic) bond motifs is 2. The van der Waals surface area contributed by atoms with E-state index in [1.165, 1.54) is 6.92 Å². The molecule has 0 radical (unpaired) electrons. The van der Waals surface area contributed by atoms with Crippen molar-refractivity contribution >= 4 is 40.0 Å². The van der Waals surface area contributed by atoms with Crippen molar-refractivity contribution in [2.45, 2.75) is 13.1 Å². The Morgan fingerprint density at radius 3 is 2.47 bits per heavy atom. The Balaban J connectivity index is 1.55. The van der Waals surface area contributed by atoms with Gasteiger partial charge in [-0.2, -0.15) is 0 Å². The molecule has 4 aromatic rings. The molecule has 3 amide bonds. The Morgan fingerprint density at radius 1 is 0.972 bits per heavy atom. The second-order valence-electron chi connectivity index (χ2n) is 8.48. The molecular weight excluding hydrogens is 454 g/mol. The van der Waals surface area contributed by atoms with Gasteiger partial charge in [-0.25, -0.2) is 4.99 Å². The number of hydrogen-bond donors (Lipinski definition) is 3. The molecule has 1 unspecified atom stereocenters. The van der Waals surface area contributed by atoms with Crippen LogP contribution in [-0.4, -0.2) is 47.7 Å². The first-order valence-electron chi connectivity index (χ1n) is 11.7. The highest BCUT2D eigenvalue weighted by molar-refractivity contribution is 6.20. The average Bonchev–Trinajstić information content (AvgIpc) is 3.29. The predicted molar refractivity (Wildman–Crippen MR) is 139 cm³/mol. The zero-order valence-electron chi connectivity index (χ0n) is 19.7. The van der Waals surface area contributed by atoms with E-state index in [1.54, 1.807) is 11.0 Å². The molecule has 1 aliphatic heterocycles. The topological polar surface area (TPSA) is 107 Å². The number of rotatable bonds is 6. The van der Waals surface area contributed by atoms with E-state index in [0.717, 1.165) is 22.0 Å². The quantitative estimate of drug-likeness (QED) is 0.395. The van der Waals surface area contributed by atoms with Crippen molar-refractivity contribution in [2.24, 2.45) is 4.99 Å². The molecule has 1 atom stereocenters. The third-order valence-electron chi connectivity index (χ3n) is 6.01. The van der Waals surface area contributed by atoms with Crippen LogP contribution in [0.4, 0.5) is 5.69 Å². The van der Waals surface area contributed by atoms with E-state index in [1.807, 2.05) is 78.9 Å². The number of aromatic nitrogens is 1. The predicted octanol–water partition coefficient (Wildman–Crippen LogP) is 3.24. The third-order valence-corrected chi connectivity index (χ3v) is 6.01. The number of para-hydroxylation sites is 2. The summed E-state index contributed by atoms with van der Waals surface area (Å²) in [6, 6.07) is 26.4. The smallest absolute Gasteiger partial charge is 0.272 e. The van der Waals surface area contributed by atoms with Gasteiger partial charge in [-0.3, -0.25) is 14.4 Å². The van der Waals surface area contributed by atoms with Gasteiger partial charge in [0.25, 0.3) is 11.8 Å². The summed E-state index contributed by atoms with van der Waals surface area (Å²) in [5, 5.41) is 6.45. The molecule has 2 heterocycles. The number of H-pyrrole nitrogens is 1. The number of hydrogen-bond acceptors (Lipinski definition) is 4. The van der Waals surface area contributed by atoms with Gasteiger partial charge >= 0.3 is 0 Å². The van der Waals surface area contributed by atoms with E-state index in [-0.39, 0.29) is 24.9 Å². The van der Waals surface area contributed by atoms with Gasteiger partial charge in [-0.05, 0) is 18.2 Å². The van der Waals surface area contributed by atoms with Gasteiger partial charge in [0, 0.05) is 42.0 Å². The van der Waals surface area contributed by atoms with E-state index in [4.69, 9.17) is 4.99 Å². The number of benzene rings is 3. The first-order chi connectivity index (χ1) is 17.5. The number of anilines is 1. The first-order valence-corrected chi connectivity index (χ1v) is 11.7. The maximum Gasteiger partial charge on any atom is 0.272 e. The highest BCUT2D eigenvalue weighted by Crippen LogP contribution is 2.28. The lowest BCUT2D eigenvalue weighted by Crippen LogP contribution is -2.49. The highest BCUT2D eigenvalue weighted by atomic mass is 16.2. The van der Waals surface area contributed by atoms with Crippen LogP contribution in [0.3, 0.4) is 0 Å². The lowest BCUT2D eigenvalue weighted by Gasteiger charge is -2.25. The van der Waals surface area contributed by atoms with E-state index >= 15 is 0 Å². The fourth-order valence-electron chi connectivity index (χ4n) is 4.32. The maximum absolute atomic E-state index is 13.8. The molecule has 0 aliphatic carbocycles. The summed E-state index contributed by atoms with van der Waals surface area (Å²) < 4.78 is 0. The molecule has 0 saturated heterocycles. The van der Waals surface area contributed by atoms with Crippen LogP contribution < -0.4 is 15.5 Å². The summed E-state index contributed by atoms with van der Waals surface area (Å²) >= 11 is 0. The highest BCUT2D eigenvalue weighted by Gasteiger charge is 2.33. The van der Waals surface area contributed by atoms with Gasteiger partial charge in [0.1, 0.15) is 5.69 Å². The van der Waals surface area contributed by atoms with E-state index in [0.29, 0.717) is 17.1 Å². The monoisotopic (exact) mass is 479 g/mol. The van der Waals surface area contributed by atoms with Crippen LogP contribution in [0.2, 0.25) is 0 Å². The summed E-state index contributed by atoms with van der Waals surface area (Å²) in [5.41, 5.74) is 4.02. The number of benzodiazepines with no additional fused rings is 1. The number of carbonyl (C=O) groups is 3. The lowest BCUT2D eigenvalue weighted by atomic mass is 10.0. The molecule has 0 saturated carbocycles. The minimum Gasteiger partial charge on any atom is -0.355 e. The van der Waals surface area contributed by atoms with Crippen molar-refractivity contribution < 1.29 is 14.4 Å². The van der Waals surface area contributed by atoms with Crippen LogP contribution in [0, 0.1) is 0 Å². The van der Waals surface area contributed by atoms with Crippen molar-refractivity contribution in [3.8, 4) is 0 Å². The van der Waals surface area contributed by atoms with Gasteiger partial charge in [0.05, 0.1) is 11.4 Å². The Morgan fingerprint density at radius 2 is 1.69 bits per heavy atom. The largest absolute Gasteiger partial charge is 0.355 e. The zero-order valence-corrected chi connectivity index (χ0v) is 19.7. The number of aliphatic imine (C=N–C) groups is 1. The molecule has 8 heteroatoms. The Bertz CT molecular complexity index is 1440. The van der Waals surface area contributed by atoms with Gasteiger partial charge in [-0.1, -0.05) is 66.7 Å². The fourth-order valence-corrected chi connectivity index (χ4v) is 4.32. The SMILES string of the molecule is CC(=O)NCCN1C(=O)C(NC(=O)c2cc3ccccc3[nH]2)N=C(c2ccccc2)c2ccccc21. The van der Waals surface area contributed by atoms with Crippen LogP contribution in [0.1, 0.15) is 28.5 Å². The third kappa shape index (κ3) is 4.61. The number of nitrogens with one attached hydrogen (secondary N) is 3. The Kier molecular flexibility index (Phi) is 6.32. The van der Waals surface area contributed by atoms with Crippen molar-refractivity contribution in [3.63, 3.8) is 0 Å².